The van der Waals surface area contributed by atoms with Gasteiger partial charge in [0.15, 0.2) is 0 Å². The van der Waals surface area contributed by atoms with E-state index in [0.717, 1.165) is 5.92 Å². The van der Waals surface area contributed by atoms with E-state index in [4.69, 9.17) is 17.5 Å². The van der Waals surface area contributed by atoms with E-state index < -0.39 is 10.4 Å². The third-order valence-electron chi connectivity index (χ3n) is 2.51. The first-order chi connectivity index (χ1) is 8.77. The van der Waals surface area contributed by atoms with Crippen molar-refractivity contribution in [3.63, 3.8) is 0 Å². The molecule has 4 nitrogen and oxygen atoms in total. The second-order valence-electron chi connectivity index (χ2n) is 4.68. The van der Waals surface area contributed by atoms with Crippen LogP contribution < -0.4 is 0 Å². The lowest BCUT2D eigenvalue weighted by atomic mass is 9.97. The molecule has 0 amide bonds. The third kappa shape index (κ3) is 6.33. The minimum Gasteiger partial charge on any atom is -0.264 e. The number of benzene rings is 2. The zero-order valence-electron chi connectivity index (χ0n) is 10.9. The van der Waals surface area contributed by atoms with Gasteiger partial charge in [0.25, 0.3) is 0 Å². The molecule has 5 heteroatoms. The minimum atomic E-state index is -4.67. The molecular formula is C14H18O4S. The molecule has 19 heavy (non-hydrogen) atoms. The Kier molecular flexibility index (Phi) is 5.47. The summed E-state index contributed by atoms with van der Waals surface area (Å²) in [4.78, 5) is 0. The SMILES string of the molecule is CC(C)Cc1cccc2ccccc12.O=S(=O)(O)O. The van der Waals surface area contributed by atoms with Crippen LogP contribution in [-0.2, 0) is 16.8 Å². The highest BCUT2D eigenvalue weighted by atomic mass is 32.3. The van der Waals surface area contributed by atoms with Crippen molar-refractivity contribution in [2.75, 3.05) is 0 Å². The molecule has 0 heterocycles. The van der Waals surface area contributed by atoms with E-state index >= 15 is 0 Å². The van der Waals surface area contributed by atoms with Crippen LogP contribution in [-0.4, -0.2) is 17.5 Å². The van der Waals surface area contributed by atoms with Crippen molar-refractivity contribution in [2.24, 2.45) is 5.92 Å². The van der Waals surface area contributed by atoms with Gasteiger partial charge in [0.05, 0.1) is 0 Å². The van der Waals surface area contributed by atoms with E-state index in [2.05, 4.69) is 56.3 Å². The van der Waals surface area contributed by atoms with E-state index in [9.17, 15) is 0 Å². The van der Waals surface area contributed by atoms with Gasteiger partial charge in [-0.1, -0.05) is 56.3 Å². The zero-order valence-corrected chi connectivity index (χ0v) is 11.8. The van der Waals surface area contributed by atoms with Gasteiger partial charge in [0.2, 0.25) is 0 Å². The lowest BCUT2D eigenvalue weighted by molar-refractivity contribution is 0.381. The lowest BCUT2D eigenvalue weighted by Gasteiger charge is -2.08. The fourth-order valence-corrected chi connectivity index (χ4v) is 1.91. The van der Waals surface area contributed by atoms with Gasteiger partial charge in [0, 0.05) is 0 Å². The van der Waals surface area contributed by atoms with Gasteiger partial charge in [-0.3, -0.25) is 9.11 Å². The second-order valence-corrected chi connectivity index (χ2v) is 5.58. The summed E-state index contributed by atoms with van der Waals surface area (Å²) in [5.41, 5.74) is 1.47. The van der Waals surface area contributed by atoms with Crippen molar-refractivity contribution in [2.45, 2.75) is 20.3 Å². The minimum absolute atomic E-state index is 0.723. The van der Waals surface area contributed by atoms with Crippen LogP contribution in [0, 0.1) is 5.92 Å². The summed E-state index contributed by atoms with van der Waals surface area (Å²) in [5, 5.41) is 2.76. The van der Waals surface area contributed by atoms with Crippen LogP contribution in [0.25, 0.3) is 10.8 Å². The standard InChI is InChI=1S/C14H16.H2O4S/c1-11(2)10-13-8-5-7-12-6-3-4-9-14(12)13;1-5(2,3)4/h3-9,11H,10H2,1-2H3;(H2,1,2,3,4). The third-order valence-corrected chi connectivity index (χ3v) is 2.51. The highest BCUT2D eigenvalue weighted by molar-refractivity contribution is 7.79. The highest BCUT2D eigenvalue weighted by Gasteiger charge is 2.01. The summed E-state index contributed by atoms with van der Waals surface area (Å²) in [5.74, 6) is 0.723. The first kappa shape index (κ1) is 15.6. The Balaban J connectivity index is 0.000000312. The number of rotatable bonds is 2. The molecule has 2 aromatic carbocycles. The molecule has 0 atom stereocenters. The van der Waals surface area contributed by atoms with Crippen molar-refractivity contribution in [3.8, 4) is 0 Å². The topological polar surface area (TPSA) is 74.6 Å². The largest absolute Gasteiger partial charge is 0.394 e. The fraction of sp³-hybridized carbons (Fsp3) is 0.286. The van der Waals surface area contributed by atoms with E-state index in [1.54, 1.807) is 0 Å². The Hall–Kier alpha value is -1.43. The molecule has 104 valence electrons. The number of fused-ring (bicyclic) bond motifs is 1. The molecular weight excluding hydrogens is 264 g/mol. The Bertz CT molecular complexity index is 619. The van der Waals surface area contributed by atoms with Crippen molar-refractivity contribution < 1.29 is 17.5 Å². The summed E-state index contributed by atoms with van der Waals surface area (Å²) >= 11 is 0. The summed E-state index contributed by atoms with van der Waals surface area (Å²) < 4.78 is 31.6. The molecule has 0 saturated carbocycles. The summed E-state index contributed by atoms with van der Waals surface area (Å²) in [6.45, 7) is 4.53. The van der Waals surface area contributed by atoms with Gasteiger partial charge in [-0.15, -0.1) is 0 Å². The van der Waals surface area contributed by atoms with E-state index in [-0.39, 0.29) is 0 Å². The van der Waals surface area contributed by atoms with E-state index in [0.29, 0.717) is 0 Å². The predicted octanol–water partition coefficient (Wildman–Crippen LogP) is 3.39. The van der Waals surface area contributed by atoms with Gasteiger partial charge >= 0.3 is 10.4 Å². The molecule has 0 aromatic heterocycles. The average Bonchev–Trinajstić information content (AvgIpc) is 2.26. The summed E-state index contributed by atoms with van der Waals surface area (Å²) in [6.07, 6.45) is 1.17. The van der Waals surface area contributed by atoms with Crippen molar-refractivity contribution in [1.82, 2.24) is 0 Å². The molecule has 0 bridgehead atoms. The van der Waals surface area contributed by atoms with Crippen LogP contribution >= 0.6 is 0 Å². The highest BCUT2D eigenvalue weighted by Crippen LogP contribution is 2.20. The molecule has 0 aliphatic heterocycles. The fourth-order valence-electron chi connectivity index (χ4n) is 1.91. The van der Waals surface area contributed by atoms with E-state index in [1.807, 2.05) is 0 Å². The van der Waals surface area contributed by atoms with Gasteiger partial charge < -0.3 is 0 Å². The molecule has 0 unspecified atom stereocenters. The lowest BCUT2D eigenvalue weighted by Crippen LogP contribution is -1.94. The molecule has 0 aliphatic carbocycles. The Labute approximate surface area is 113 Å². The Morgan fingerprint density at radius 3 is 2.11 bits per heavy atom. The van der Waals surface area contributed by atoms with Gasteiger partial charge in [-0.05, 0) is 28.7 Å². The van der Waals surface area contributed by atoms with Gasteiger partial charge in [-0.25, -0.2) is 0 Å². The number of hydrogen-bond acceptors (Lipinski definition) is 2. The predicted molar refractivity (Wildman–Crippen MR) is 76.7 cm³/mol. The Morgan fingerprint density at radius 2 is 1.53 bits per heavy atom. The maximum Gasteiger partial charge on any atom is 0.394 e. The maximum atomic E-state index is 8.74. The molecule has 2 aromatic rings. The zero-order chi connectivity index (χ0) is 14.5. The van der Waals surface area contributed by atoms with Crippen LogP contribution in [0.5, 0.6) is 0 Å². The molecule has 0 spiro atoms. The van der Waals surface area contributed by atoms with Gasteiger partial charge in [0.1, 0.15) is 0 Å². The quantitative estimate of drug-likeness (QED) is 0.828. The van der Waals surface area contributed by atoms with Crippen LogP contribution in [0.3, 0.4) is 0 Å². The molecule has 0 aliphatic rings. The van der Waals surface area contributed by atoms with Crippen LogP contribution in [0.1, 0.15) is 19.4 Å². The normalized spacial score (nSPS) is 11.2. The monoisotopic (exact) mass is 282 g/mol. The van der Waals surface area contributed by atoms with Gasteiger partial charge in [-0.2, -0.15) is 8.42 Å². The first-order valence-corrected chi connectivity index (χ1v) is 7.33. The molecule has 0 radical (unpaired) electrons. The molecule has 2 N–H and O–H groups in total. The summed E-state index contributed by atoms with van der Waals surface area (Å²) in [7, 11) is -4.67. The van der Waals surface area contributed by atoms with Crippen LogP contribution in [0.2, 0.25) is 0 Å². The average molecular weight is 282 g/mol. The van der Waals surface area contributed by atoms with Crippen LogP contribution in [0.15, 0.2) is 42.5 Å². The molecule has 0 fully saturated rings. The van der Waals surface area contributed by atoms with Crippen molar-refractivity contribution in [1.29, 1.82) is 0 Å². The first-order valence-electron chi connectivity index (χ1n) is 5.94. The smallest absolute Gasteiger partial charge is 0.264 e. The second kappa shape index (κ2) is 6.65. The summed E-state index contributed by atoms with van der Waals surface area (Å²) in [6, 6.07) is 15.2. The Morgan fingerprint density at radius 1 is 1.00 bits per heavy atom. The van der Waals surface area contributed by atoms with Crippen molar-refractivity contribution >= 4 is 21.2 Å². The number of hydrogen-bond donors (Lipinski definition) is 2. The molecule has 2 rings (SSSR count). The van der Waals surface area contributed by atoms with Crippen molar-refractivity contribution in [3.05, 3.63) is 48.0 Å². The van der Waals surface area contributed by atoms with E-state index in [1.165, 1.54) is 22.8 Å². The maximum absolute atomic E-state index is 8.74. The van der Waals surface area contributed by atoms with Crippen LogP contribution in [0.4, 0.5) is 0 Å². The molecule has 0 saturated heterocycles.